The second-order valence-corrected chi connectivity index (χ2v) is 3.50. The predicted molar refractivity (Wildman–Crippen MR) is 56.1 cm³/mol. The molecule has 86 valence electrons. The van der Waals surface area contributed by atoms with E-state index in [2.05, 4.69) is 24.0 Å². The first kappa shape index (κ1) is 12.1. The summed E-state index contributed by atoms with van der Waals surface area (Å²) >= 11 is 0. The Morgan fingerprint density at radius 3 is 2.87 bits per heavy atom. The van der Waals surface area contributed by atoms with Crippen molar-refractivity contribution in [2.24, 2.45) is 5.73 Å². The Hall–Kier alpha value is -0.940. The van der Waals surface area contributed by atoms with Crippen LogP contribution in [-0.4, -0.2) is 16.7 Å². The van der Waals surface area contributed by atoms with E-state index >= 15 is 0 Å². The van der Waals surface area contributed by atoms with Crippen molar-refractivity contribution in [1.82, 2.24) is 10.1 Å². The van der Waals surface area contributed by atoms with Crippen LogP contribution in [0.15, 0.2) is 4.52 Å². The maximum atomic E-state index is 5.84. The van der Waals surface area contributed by atoms with Crippen molar-refractivity contribution in [3.8, 4) is 0 Å². The highest BCUT2D eigenvalue weighted by Crippen LogP contribution is 2.13. The van der Waals surface area contributed by atoms with Crippen LogP contribution in [0, 0.1) is 0 Å². The molecule has 1 aromatic rings. The molecule has 1 atom stereocenters. The Balaban J connectivity index is 2.41. The Labute approximate surface area is 90.0 Å². The molecule has 0 bridgehead atoms. The van der Waals surface area contributed by atoms with E-state index in [1.165, 1.54) is 0 Å². The highest BCUT2D eigenvalue weighted by Gasteiger charge is 2.13. The number of rotatable bonds is 7. The van der Waals surface area contributed by atoms with Crippen LogP contribution in [0.4, 0.5) is 0 Å². The lowest BCUT2D eigenvalue weighted by Crippen LogP contribution is -2.10. The van der Waals surface area contributed by atoms with Crippen molar-refractivity contribution >= 4 is 0 Å². The maximum absolute atomic E-state index is 5.84. The summed E-state index contributed by atoms with van der Waals surface area (Å²) in [5.41, 5.74) is 5.84. The molecule has 1 aromatic heterocycles. The SMILES string of the molecule is CCCOCc1noc(C(N)CCC)n1. The first-order valence-corrected chi connectivity index (χ1v) is 5.43. The number of hydrogen-bond acceptors (Lipinski definition) is 5. The topological polar surface area (TPSA) is 74.2 Å². The lowest BCUT2D eigenvalue weighted by molar-refractivity contribution is 0.114. The second-order valence-electron chi connectivity index (χ2n) is 3.50. The van der Waals surface area contributed by atoms with Crippen LogP contribution in [0.5, 0.6) is 0 Å². The first-order valence-electron chi connectivity index (χ1n) is 5.43. The molecule has 1 heterocycles. The van der Waals surface area contributed by atoms with Crippen LogP contribution in [0.3, 0.4) is 0 Å². The van der Waals surface area contributed by atoms with Crippen LogP contribution in [-0.2, 0) is 11.3 Å². The standard InChI is InChI=1S/C10H19N3O2/c1-3-5-8(11)10-12-9(13-15-10)7-14-6-4-2/h8H,3-7,11H2,1-2H3. The molecule has 0 radical (unpaired) electrons. The molecule has 0 aromatic carbocycles. The molecule has 2 N–H and O–H groups in total. The van der Waals surface area contributed by atoms with Gasteiger partial charge in [-0.15, -0.1) is 0 Å². The molecule has 0 saturated heterocycles. The third kappa shape index (κ3) is 3.97. The molecule has 5 nitrogen and oxygen atoms in total. The van der Waals surface area contributed by atoms with Crippen molar-refractivity contribution in [3.63, 3.8) is 0 Å². The Morgan fingerprint density at radius 1 is 1.40 bits per heavy atom. The van der Waals surface area contributed by atoms with Gasteiger partial charge in [0.1, 0.15) is 6.61 Å². The van der Waals surface area contributed by atoms with E-state index in [1.807, 2.05) is 0 Å². The number of ether oxygens (including phenoxy) is 1. The minimum absolute atomic E-state index is 0.151. The third-order valence-corrected chi connectivity index (χ3v) is 1.98. The molecule has 0 aliphatic carbocycles. The predicted octanol–water partition coefficient (Wildman–Crippen LogP) is 1.80. The third-order valence-electron chi connectivity index (χ3n) is 1.98. The van der Waals surface area contributed by atoms with E-state index in [0.29, 0.717) is 24.9 Å². The molecule has 0 amide bonds. The van der Waals surface area contributed by atoms with Crippen molar-refractivity contribution < 1.29 is 9.26 Å². The number of nitrogens with two attached hydrogens (primary N) is 1. The van der Waals surface area contributed by atoms with Crippen molar-refractivity contribution in [2.45, 2.75) is 45.8 Å². The van der Waals surface area contributed by atoms with E-state index in [9.17, 15) is 0 Å². The zero-order valence-electron chi connectivity index (χ0n) is 9.40. The molecule has 1 rings (SSSR count). The average Bonchev–Trinajstić information content (AvgIpc) is 2.67. The van der Waals surface area contributed by atoms with Gasteiger partial charge in [0.25, 0.3) is 0 Å². The molecule has 0 saturated carbocycles. The lowest BCUT2D eigenvalue weighted by Gasteiger charge is -2.02. The van der Waals surface area contributed by atoms with Gasteiger partial charge in [0.15, 0.2) is 5.82 Å². The smallest absolute Gasteiger partial charge is 0.243 e. The maximum Gasteiger partial charge on any atom is 0.243 e. The molecule has 0 spiro atoms. The highest BCUT2D eigenvalue weighted by molar-refractivity contribution is 4.90. The summed E-state index contributed by atoms with van der Waals surface area (Å²) in [6, 6.07) is -0.151. The quantitative estimate of drug-likeness (QED) is 0.699. The molecule has 5 heteroatoms. The van der Waals surface area contributed by atoms with Gasteiger partial charge in [0, 0.05) is 6.61 Å². The molecule has 15 heavy (non-hydrogen) atoms. The molecule has 1 unspecified atom stereocenters. The van der Waals surface area contributed by atoms with Crippen molar-refractivity contribution in [1.29, 1.82) is 0 Å². The van der Waals surface area contributed by atoms with Crippen molar-refractivity contribution in [2.75, 3.05) is 6.61 Å². The highest BCUT2D eigenvalue weighted by atomic mass is 16.5. The first-order chi connectivity index (χ1) is 7.27. The summed E-state index contributed by atoms with van der Waals surface area (Å²) in [4.78, 5) is 4.17. The van der Waals surface area contributed by atoms with Gasteiger partial charge < -0.3 is 15.0 Å². The molecule has 0 fully saturated rings. The Kier molecular flexibility index (Phi) is 5.28. The second kappa shape index (κ2) is 6.53. The summed E-state index contributed by atoms with van der Waals surface area (Å²) < 4.78 is 10.3. The van der Waals surface area contributed by atoms with Gasteiger partial charge in [0.2, 0.25) is 5.89 Å². The van der Waals surface area contributed by atoms with Crippen LogP contribution in [0.2, 0.25) is 0 Å². The van der Waals surface area contributed by atoms with E-state index < -0.39 is 0 Å². The average molecular weight is 213 g/mol. The van der Waals surface area contributed by atoms with E-state index in [4.69, 9.17) is 15.0 Å². The van der Waals surface area contributed by atoms with Gasteiger partial charge in [-0.05, 0) is 12.8 Å². The van der Waals surface area contributed by atoms with E-state index in [0.717, 1.165) is 19.3 Å². The van der Waals surface area contributed by atoms with Crippen molar-refractivity contribution in [3.05, 3.63) is 11.7 Å². The van der Waals surface area contributed by atoms with Crippen LogP contribution >= 0.6 is 0 Å². The fourth-order valence-corrected chi connectivity index (χ4v) is 1.22. The van der Waals surface area contributed by atoms with Crippen LogP contribution in [0.25, 0.3) is 0 Å². The van der Waals surface area contributed by atoms with Gasteiger partial charge >= 0.3 is 0 Å². The largest absolute Gasteiger partial charge is 0.373 e. The van der Waals surface area contributed by atoms with Gasteiger partial charge in [-0.2, -0.15) is 4.98 Å². The van der Waals surface area contributed by atoms with Gasteiger partial charge in [0.05, 0.1) is 6.04 Å². The Morgan fingerprint density at radius 2 is 2.20 bits per heavy atom. The fourth-order valence-electron chi connectivity index (χ4n) is 1.22. The monoisotopic (exact) mass is 213 g/mol. The Bertz CT molecular complexity index is 275. The van der Waals surface area contributed by atoms with E-state index in [1.54, 1.807) is 0 Å². The number of hydrogen-bond donors (Lipinski definition) is 1. The molecular formula is C10H19N3O2. The van der Waals surface area contributed by atoms with Gasteiger partial charge in [-0.3, -0.25) is 0 Å². The molecular weight excluding hydrogens is 194 g/mol. The minimum Gasteiger partial charge on any atom is -0.373 e. The molecule has 0 aliphatic heterocycles. The summed E-state index contributed by atoms with van der Waals surface area (Å²) in [6.07, 6.45) is 2.85. The van der Waals surface area contributed by atoms with Crippen LogP contribution in [0.1, 0.15) is 50.9 Å². The lowest BCUT2D eigenvalue weighted by atomic mass is 10.2. The van der Waals surface area contributed by atoms with E-state index in [-0.39, 0.29) is 6.04 Å². The summed E-state index contributed by atoms with van der Waals surface area (Å²) in [5, 5.41) is 3.80. The zero-order chi connectivity index (χ0) is 11.1. The summed E-state index contributed by atoms with van der Waals surface area (Å²) in [5.74, 6) is 1.08. The summed E-state index contributed by atoms with van der Waals surface area (Å²) in [7, 11) is 0. The van der Waals surface area contributed by atoms with Gasteiger partial charge in [-0.25, -0.2) is 0 Å². The fraction of sp³-hybridized carbons (Fsp3) is 0.800. The summed E-state index contributed by atoms with van der Waals surface area (Å²) in [6.45, 7) is 5.24. The normalized spacial score (nSPS) is 13.0. The number of nitrogens with zero attached hydrogens (tertiary/aromatic N) is 2. The van der Waals surface area contributed by atoms with Gasteiger partial charge in [-0.1, -0.05) is 25.4 Å². The number of aromatic nitrogens is 2. The molecule has 0 aliphatic rings. The minimum atomic E-state index is -0.151. The van der Waals surface area contributed by atoms with Crippen LogP contribution < -0.4 is 5.73 Å². The zero-order valence-corrected chi connectivity index (χ0v) is 9.40.